The van der Waals surface area contributed by atoms with Crippen LogP contribution in [0.4, 0.5) is 13.2 Å². The molecular formula is C104H93F3Ir2N6O4Pt-2. The average molecular weight is 2130 g/mol. The summed E-state index contributed by atoms with van der Waals surface area (Å²) in [5, 5.41) is 32.8. The van der Waals surface area contributed by atoms with Crippen molar-refractivity contribution in [3.8, 4) is 90.4 Å². The van der Waals surface area contributed by atoms with Crippen molar-refractivity contribution in [2.45, 2.75) is 99.2 Å². The molecule has 614 valence electrons. The number of aryl methyl sites for hydroxylation is 1. The SMILES string of the molecule is C.CC(=O)C=C(C)O.CC(C)(C)c1cc(-c2cc(C(C)(C)C)cc(-c3ccccc3O)n2)nc(-c2ccccc2O)c1.Cc1ccc(-c2[c-]cccc2)nc1.FC(F)(F)c1c[c-]c(-c2ccc3ccccc3n2)cc1.[Ir].[Ir].[Pt].[c-]1ccccc1-c1nccc2ccccc12.c1ccc(C(c2ccccc2)c2cc[n+]3c(c2)-c2ccccc2C3)cc1. The number of pyridine rings is 6. The first-order valence-electron chi connectivity index (χ1n) is 38.2. The van der Waals surface area contributed by atoms with Crippen molar-refractivity contribution < 1.29 is 99.1 Å². The van der Waals surface area contributed by atoms with E-state index in [1.807, 2.05) is 159 Å². The Morgan fingerprint density at radius 3 is 1.48 bits per heavy atom. The molecule has 3 N–H and O–H groups in total. The van der Waals surface area contributed by atoms with Gasteiger partial charge in [0.05, 0.1) is 39.6 Å². The third-order valence-electron chi connectivity index (χ3n) is 19.3. The molecule has 17 rings (SSSR count). The molecule has 120 heavy (non-hydrogen) atoms. The van der Waals surface area contributed by atoms with Gasteiger partial charge in [-0.25, -0.2) is 9.97 Å². The molecule has 0 aliphatic carbocycles. The van der Waals surface area contributed by atoms with Crippen LogP contribution in [0.25, 0.3) is 101 Å². The minimum atomic E-state index is -4.34. The largest absolute Gasteiger partial charge is 0.512 e. The number of aliphatic hydroxyl groups excluding tert-OH is 1. The molecule has 0 unspecified atom stereocenters. The Kier molecular flexibility index (Phi) is 33.8. The number of nitrogens with zero attached hydrogens (tertiary/aromatic N) is 6. The van der Waals surface area contributed by atoms with Crippen LogP contribution in [-0.4, -0.2) is 46.0 Å². The van der Waals surface area contributed by atoms with Gasteiger partial charge in [0.2, 0.25) is 5.69 Å². The number of hydrogen-bond acceptors (Lipinski definition) is 9. The number of para-hydroxylation sites is 3. The summed E-state index contributed by atoms with van der Waals surface area (Å²) in [6.45, 7) is 18.8. The van der Waals surface area contributed by atoms with Gasteiger partial charge in [-0.05, 0) is 171 Å². The Bertz CT molecular complexity index is 5900. The van der Waals surface area contributed by atoms with E-state index in [-0.39, 0.29) is 108 Å². The summed E-state index contributed by atoms with van der Waals surface area (Å²) in [5.74, 6) is 0.570. The van der Waals surface area contributed by atoms with Crippen molar-refractivity contribution in [2.24, 2.45) is 0 Å². The molecule has 0 spiro atoms. The van der Waals surface area contributed by atoms with Crippen molar-refractivity contribution in [2.75, 3.05) is 0 Å². The fraction of sp³-hybridized carbons (Fsp3) is 0.144. The number of aliphatic hydroxyl groups is 1. The zero-order chi connectivity index (χ0) is 81.9. The van der Waals surface area contributed by atoms with Gasteiger partial charge in [-0.3, -0.25) is 9.78 Å². The number of carbonyl (C=O) groups is 1. The number of halogens is 3. The topological polar surface area (TPSA) is 146 Å². The molecule has 0 amide bonds. The maximum atomic E-state index is 12.5. The summed E-state index contributed by atoms with van der Waals surface area (Å²) in [5.41, 5.74) is 20.7. The number of allylic oxidation sites excluding steroid dienone is 2. The summed E-state index contributed by atoms with van der Waals surface area (Å²) in [4.78, 5) is 33.1. The normalized spacial score (nSPS) is 11.1. The zero-order valence-electron chi connectivity index (χ0n) is 67.2. The fourth-order valence-corrected chi connectivity index (χ4v) is 13.2. The second-order valence-electron chi connectivity index (χ2n) is 30.1. The summed E-state index contributed by atoms with van der Waals surface area (Å²) in [6, 6.07) is 112. The standard InChI is InChI=1S/C30H32N2O2.C25H20N.C16H9F3N.C15H10N.C12H10N.C5H8O2.CH4.2Ir.Pt/c1-29(2,3)19-15-23(21-11-7-9-13-27(21)33)31-25(17-19)26-18-20(30(4,5)6)16-24(32-26)22-12-8-10-14-28(22)34;1-3-9-19(10-4-1)25(20-11-5-2-6-12-20)21-15-16-26-18-22-13-7-8-14-23(22)24(26)17-21;17-16(18,19)13-8-5-12(6-9-13)15-10-7-11-3-1-2-4-14(11)20-15;1-2-7-13(8-3-1)15-14-9-5-4-6-12(14)10-11-16-15;1-10-7-8-12(13-9-10)11-5-3-2-4-6-11;1-4(6)3-5(2)7;;;;/h7-18,33-34H,1-6H3;1-17,25H,18H2;1-5,7-10H;1-7,9-11H;2-5,7-9H,1H3;3,6H,1-2H3;1H4;;;/q;+1;3*-1;;;;;. The van der Waals surface area contributed by atoms with E-state index in [1.54, 1.807) is 30.3 Å². The minimum Gasteiger partial charge on any atom is -0.512 e. The van der Waals surface area contributed by atoms with Gasteiger partial charge in [-0.1, -0.05) is 219 Å². The van der Waals surface area contributed by atoms with Crippen molar-refractivity contribution in [1.82, 2.24) is 24.9 Å². The number of hydrogen-bond donors (Lipinski definition) is 3. The first kappa shape index (κ1) is 93.7. The number of fused-ring (bicyclic) bond motifs is 5. The Morgan fingerprint density at radius 2 is 0.967 bits per heavy atom. The van der Waals surface area contributed by atoms with Crippen LogP contribution in [-0.2, 0) is 89.6 Å². The number of phenolic OH excluding ortho intramolecular Hbond substituents is 2. The fourth-order valence-electron chi connectivity index (χ4n) is 13.2. The van der Waals surface area contributed by atoms with Gasteiger partial charge in [0.25, 0.3) is 0 Å². The molecule has 6 aromatic heterocycles. The predicted octanol–water partition coefficient (Wildman–Crippen LogP) is 25.6. The summed E-state index contributed by atoms with van der Waals surface area (Å²) < 4.78 is 39.8. The number of aromatic nitrogens is 6. The van der Waals surface area contributed by atoms with Crippen LogP contribution in [0.15, 0.2) is 346 Å². The molecule has 16 heteroatoms. The van der Waals surface area contributed by atoms with Gasteiger partial charge in [-0.15, -0.1) is 102 Å². The molecule has 0 bridgehead atoms. The van der Waals surface area contributed by atoms with E-state index < -0.39 is 11.7 Å². The number of rotatable bonds is 10. The van der Waals surface area contributed by atoms with Gasteiger partial charge in [-0.2, -0.15) is 17.7 Å². The van der Waals surface area contributed by atoms with Crippen LogP contribution < -0.4 is 4.57 Å². The summed E-state index contributed by atoms with van der Waals surface area (Å²) in [7, 11) is 0. The number of alkyl halides is 3. The van der Waals surface area contributed by atoms with E-state index in [0.29, 0.717) is 33.8 Å². The molecule has 0 saturated carbocycles. The molecule has 0 saturated heterocycles. The first-order valence-corrected chi connectivity index (χ1v) is 38.2. The molecular weight excluding hydrogens is 2030 g/mol. The van der Waals surface area contributed by atoms with Crippen LogP contribution in [0, 0.1) is 25.1 Å². The maximum Gasteiger partial charge on any atom is 0.381 e. The second-order valence-corrected chi connectivity index (χ2v) is 30.1. The van der Waals surface area contributed by atoms with Crippen LogP contribution >= 0.6 is 0 Å². The van der Waals surface area contributed by atoms with Crippen molar-refractivity contribution in [3.05, 3.63) is 409 Å². The Hall–Kier alpha value is -11.8. The number of benzene rings is 10. The third kappa shape index (κ3) is 24.9. The van der Waals surface area contributed by atoms with Crippen LogP contribution in [0.2, 0.25) is 0 Å². The second kappa shape index (κ2) is 43.3. The third-order valence-corrected chi connectivity index (χ3v) is 19.3. The number of aromatic hydroxyl groups is 2. The van der Waals surface area contributed by atoms with Gasteiger partial charge < -0.3 is 25.3 Å². The monoisotopic (exact) mass is 2130 g/mol. The molecule has 10 aromatic carbocycles. The quantitative estimate of drug-likeness (QED) is 0.0527. The van der Waals surface area contributed by atoms with Crippen molar-refractivity contribution in [1.29, 1.82) is 0 Å². The predicted molar refractivity (Wildman–Crippen MR) is 468 cm³/mol. The Balaban J connectivity index is 0.000000187. The molecule has 1 aliphatic rings. The van der Waals surface area contributed by atoms with Gasteiger partial charge in [0, 0.05) is 114 Å². The van der Waals surface area contributed by atoms with E-state index in [9.17, 15) is 28.2 Å². The van der Waals surface area contributed by atoms with E-state index in [4.69, 9.17) is 15.1 Å². The number of carbonyl (C=O) groups excluding carboxylic acids is 1. The van der Waals surface area contributed by atoms with Gasteiger partial charge in [0.1, 0.15) is 11.5 Å². The first-order chi connectivity index (χ1) is 55.8. The molecule has 2 radical (unpaired) electrons. The smallest absolute Gasteiger partial charge is 0.381 e. The molecule has 0 atom stereocenters. The maximum absolute atomic E-state index is 12.5. The van der Waals surface area contributed by atoms with Gasteiger partial charge >= 0.3 is 6.18 Å². The minimum absolute atomic E-state index is 0. The molecule has 7 heterocycles. The molecule has 1 aliphatic heterocycles. The van der Waals surface area contributed by atoms with Gasteiger partial charge in [0.15, 0.2) is 18.5 Å². The molecule has 0 fully saturated rings. The van der Waals surface area contributed by atoms with E-state index in [2.05, 4.69) is 213 Å². The molecule has 16 aromatic rings. The van der Waals surface area contributed by atoms with E-state index in [1.165, 1.54) is 75.8 Å². The van der Waals surface area contributed by atoms with Crippen molar-refractivity contribution in [3.63, 3.8) is 0 Å². The number of ketones is 1. The Morgan fingerprint density at radius 1 is 0.467 bits per heavy atom. The number of phenols is 2. The van der Waals surface area contributed by atoms with E-state index in [0.717, 1.165) is 74.6 Å². The van der Waals surface area contributed by atoms with Crippen LogP contribution in [0.5, 0.6) is 11.5 Å². The molecule has 10 nitrogen and oxygen atoms in total. The summed E-state index contributed by atoms with van der Waals surface area (Å²) >= 11 is 0. The van der Waals surface area contributed by atoms with Crippen LogP contribution in [0.1, 0.15) is 113 Å². The zero-order valence-corrected chi connectivity index (χ0v) is 74.2. The Labute approximate surface area is 743 Å². The average Bonchev–Trinajstić information content (AvgIpc) is 1.51. The van der Waals surface area contributed by atoms with E-state index >= 15 is 0 Å². The van der Waals surface area contributed by atoms with Crippen molar-refractivity contribution >= 4 is 27.5 Å². The summed E-state index contributed by atoms with van der Waals surface area (Å²) in [6.07, 6.45) is 2.78. The van der Waals surface area contributed by atoms with Crippen LogP contribution in [0.3, 0.4) is 0 Å².